The van der Waals surface area contributed by atoms with Crippen molar-refractivity contribution in [3.63, 3.8) is 0 Å². The van der Waals surface area contributed by atoms with Crippen LogP contribution in [0.15, 0.2) is 41.0 Å². The fraction of sp³-hybridized carbons (Fsp3) is 0.154. The van der Waals surface area contributed by atoms with Gasteiger partial charge in [-0.25, -0.2) is 4.98 Å². The Morgan fingerprint density at radius 3 is 2.60 bits per heavy atom. The van der Waals surface area contributed by atoms with Gasteiger partial charge in [-0.15, -0.1) is 0 Å². The molecule has 0 amide bonds. The molecule has 0 bridgehead atoms. The monoisotopic (exact) mass is 336 g/mol. The summed E-state index contributed by atoms with van der Waals surface area (Å²) in [7, 11) is 3.80. The molecule has 0 unspecified atom stereocenters. The maximum atomic E-state index is 11.0. The van der Waals surface area contributed by atoms with Crippen LogP contribution in [0.3, 0.4) is 0 Å². The molecule has 1 N–H and O–H groups in total. The first-order valence-corrected chi connectivity index (χ1v) is 6.61. The predicted molar refractivity (Wildman–Crippen MR) is 82.6 cm³/mol. The lowest BCUT2D eigenvalue weighted by molar-refractivity contribution is -0.384. The Labute approximate surface area is 124 Å². The summed E-state index contributed by atoms with van der Waals surface area (Å²) in [6.45, 7) is 0. The van der Waals surface area contributed by atoms with E-state index in [1.807, 2.05) is 31.1 Å². The van der Waals surface area contributed by atoms with Crippen molar-refractivity contribution < 1.29 is 4.92 Å². The number of hydrogen-bond acceptors (Lipinski definition) is 5. The Morgan fingerprint density at radius 1 is 1.30 bits per heavy atom. The van der Waals surface area contributed by atoms with Crippen LogP contribution in [-0.2, 0) is 0 Å². The van der Waals surface area contributed by atoms with Gasteiger partial charge in [0.25, 0.3) is 5.69 Å². The number of hydrogen-bond donors (Lipinski definition) is 1. The minimum absolute atomic E-state index is 0.0102. The molecule has 0 spiro atoms. The van der Waals surface area contributed by atoms with Crippen molar-refractivity contribution in [1.29, 1.82) is 0 Å². The number of nitrogens with zero attached hydrogens (tertiary/aromatic N) is 3. The first-order chi connectivity index (χ1) is 9.47. The van der Waals surface area contributed by atoms with Gasteiger partial charge in [0.15, 0.2) is 0 Å². The minimum atomic E-state index is -0.422. The van der Waals surface area contributed by atoms with Gasteiger partial charge in [-0.05, 0) is 24.3 Å². The SMILES string of the molecule is CN(C)c1ccc(Nc2ccc(Br)cc2[N+](=O)[O-])cn1. The van der Waals surface area contributed by atoms with Crippen LogP contribution in [0.5, 0.6) is 0 Å². The number of pyridine rings is 1. The highest BCUT2D eigenvalue weighted by Crippen LogP contribution is 2.30. The van der Waals surface area contributed by atoms with Gasteiger partial charge in [0.05, 0.1) is 16.8 Å². The van der Waals surface area contributed by atoms with Crippen LogP contribution in [0.1, 0.15) is 0 Å². The standard InChI is InChI=1S/C13H13BrN4O2/c1-17(2)13-6-4-10(8-15-13)16-11-5-3-9(14)7-12(11)18(19)20/h3-8,16H,1-2H3. The summed E-state index contributed by atoms with van der Waals surface area (Å²) in [6, 6.07) is 8.53. The van der Waals surface area contributed by atoms with Crippen LogP contribution in [-0.4, -0.2) is 24.0 Å². The lowest BCUT2D eigenvalue weighted by Gasteiger charge is -2.12. The Kier molecular flexibility index (Phi) is 4.19. The summed E-state index contributed by atoms with van der Waals surface area (Å²) in [5.41, 5.74) is 1.13. The summed E-state index contributed by atoms with van der Waals surface area (Å²) in [5, 5.41) is 14.0. The van der Waals surface area contributed by atoms with Crippen molar-refractivity contribution in [3.05, 3.63) is 51.1 Å². The molecule has 1 heterocycles. The number of nitro groups is 1. The maximum absolute atomic E-state index is 11.0. The van der Waals surface area contributed by atoms with E-state index in [2.05, 4.69) is 26.2 Å². The molecule has 2 rings (SSSR count). The molecule has 0 aliphatic rings. The van der Waals surface area contributed by atoms with Gasteiger partial charge in [-0.2, -0.15) is 0 Å². The van der Waals surface area contributed by atoms with E-state index >= 15 is 0 Å². The highest BCUT2D eigenvalue weighted by atomic mass is 79.9. The van der Waals surface area contributed by atoms with Crippen molar-refractivity contribution in [1.82, 2.24) is 4.98 Å². The molecule has 0 atom stereocenters. The Bertz CT molecular complexity index is 629. The zero-order chi connectivity index (χ0) is 14.7. The first-order valence-electron chi connectivity index (χ1n) is 5.81. The fourth-order valence-electron chi connectivity index (χ4n) is 1.64. The maximum Gasteiger partial charge on any atom is 0.293 e. The normalized spacial score (nSPS) is 10.2. The second kappa shape index (κ2) is 5.87. The third-order valence-electron chi connectivity index (χ3n) is 2.64. The van der Waals surface area contributed by atoms with E-state index in [-0.39, 0.29) is 5.69 Å². The van der Waals surface area contributed by atoms with Gasteiger partial charge in [-0.3, -0.25) is 10.1 Å². The molecule has 0 saturated carbocycles. The molecule has 0 saturated heterocycles. The number of anilines is 3. The molecule has 1 aromatic heterocycles. The zero-order valence-electron chi connectivity index (χ0n) is 11.0. The highest BCUT2D eigenvalue weighted by molar-refractivity contribution is 9.10. The number of aromatic nitrogens is 1. The van der Waals surface area contributed by atoms with Gasteiger partial charge in [0, 0.05) is 24.6 Å². The predicted octanol–water partition coefficient (Wildman–Crippen LogP) is 3.56. The molecule has 104 valence electrons. The van der Waals surface area contributed by atoms with Gasteiger partial charge in [0.2, 0.25) is 0 Å². The van der Waals surface area contributed by atoms with E-state index < -0.39 is 4.92 Å². The van der Waals surface area contributed by atoms with Crippen molar-refractivity contribution in [2.24, 2.45) is 0 Å². The zero-order valence-corrected chi connectivity index (χ0v) is 12.6. The summed E-state index contributed by atoms with van der Waals surface area (Å²) >= 11 is 3.23. The van der Waals surface area contributed by atoms with Gasteiger partial charge < -0.3 is 10.2 Å². The van der Waals surface area contributed by atoms with Crippen LogP contribution in [0, 0.1) is 10.1 Å². The van der Waals surface area contributed by atoms with Crippen LogP contribution in [0.4, 0.5) is 22.9 Å². The lowest BCUT2D eigenvalue weighted by Crippen LogP contribution is -2.10. The van der Waals surface area contributed by atoms with Crippen LogP contribution < -0.4 is 10.2 Å². The average molecular weight is 337 g/mol. The van der Waals surface area contributed by atoms with Crippen LogP contribution >= 0.6 is 15.9 Å². The van der Waals surface area contributed by atoms with Crippen LogP contribution in [0.25, 0.3) is 0 Å². The summed E-state index contributed by atoms with van der Waals surface area (Å²) < 4.78 is 0.663. The second-order valence-corrected chi connectivity index (χ2v) is 5.26. The number of rotatable bonds is 4. The molecule has 0 aliphatic heterocycles. The number of benzene rings is 1. The largest absolute Gasteiger partial charge is 0.363 e. The molecule has 20 heavy (non-hydrogen) atoms. The van der Waals surface area contributed by atoms with Crippen LogP contribution in [0.2, 0.25) is 0 Å². The molecule has 0 aliphatic carbocycles. The third kappa shape index (κ3) is 3.24. The number of halogens is 1. The van der Waals surface area contributed by atoms with E-state index in [0.29, 0.717) is 15.8 Å². The first kappa shape index (κ1) is 14.3. The van der Waals surface area contributed by atoms with E-state index in [1.165, 1.54) is 6.07 Å². The number of nitro benzene ring substituents is 1. The summed E-state index contributed by atoms with van der Waals surface area (Å²) in [4.78, 5) is 16.7. The van der Waals surface area contributed by atoms with Crippen molar-refractivity contribution in [3.8, 4) is 0 Å². The summed E-state index contributed by atoms with van der Waals surface area (Å²) in [5.74, 6) is 0.820. The topological polar surface area (TPSA) is 71.3 Å². The Hall–Kier alpha value is -2.15. The minimum Gasteiger partial charge on any atom is -0.363 e. The molecule has 6 nitrogen and oxygen atoms in total. The van der Waals surface area contributed by atoms with Crippen molar-refractivity contribution >= 4 is 38.8 Å². The van der Waals surface area contributed by atoms with Crippen molar-refractivity contribution in [2.45, 2.75) is 0 Å². The van der Waals surface area contributed by atoms with E-state index in [9.17, 15) is 10.1 Å². The fourth-order valence-corrected chi connectivity index (χ4v) is 1.99. The Morgan fingerprint density at radius 2 is 2.05 bits per heavy atom. The smallest absolute Gasteiger partial charge is 0.293 e. The number of nitrogens with one attached hydrogen (secondary N) is 1. The molecule has 2 aromatic rings. The lowest BCUT2D eigenvalue weighted by atomic mass is 10.2. The van der Waals surface area contributed by atoms with Gasteiger partial charge in [-0.1, -0.05) is 15.9 Å². The third-order valence-corrected chi connectivity index (χ3v) is 3.13. The highest BCUT2D eigenvalue weighted by Gasteiger charge is 2.14. The Balaban J connectivity index is 2.28. The quantitative estimate of drug-likeness (QED) is 0.682. The molecular weight excluding hydrogens is 324 g/mol. The molecule has 0 radical (unpaired) electrons. The van der Waals surface area contributed by atoms with Gasteiger partial charge >= 0.3 is 0 Å². The van der Waals surface area contributed by atoms with E-state index in [1.54, 1.807) is 18.3 Å². The average Bonchev–Trinajstić information content (AvgIpc) is 2.41. The van der Waals surface area contributed by atoms with E-state index in [4.69, 9.17) is 0 Å². The van der Waals surface area contributed by atoms with Crippen molar-refractivity contribution in [2.75, 3.05) is 24.3 Å². The van der Waals surface area contributed by atoms with E-state index in [0.717, 1.165) is 5.82 Å². The van der Waals surface area contributed by atoms with Gasteiger partial charge in [0.1, 0.15) is 11.5 Å². The summed E-state index contributed by atoms with van der Waals surface area (Å²) in [6.07, 6.45) is 1.64. The molecular formula is C13H13BrN4O2. The molecule has 1 aromatic carbocycles. The molecule has 7 heteroatoms. The molecule has 0 fully saturated rings. The second-order valence-electron chi connectivity index (χ2n) is 4.34.